The highest BCUT2D eigenvalue weighted by atomic mass is 35.5. The van der Waals surface area contributed by atoms with Crippen LogP contribution in [-0.4, -0.2) is 49.7 Å². The minimum atomic E-state index is 0. The lowest BCUT2D eigenvalue weighted by atomic mass is 10.2. The van der Waals surface area contributed by atoms with E-state index in [4.69, 9.17) is 9.72 Å². The summed E-state index contributed by atoms with van der Waals surface area (Å²) in [5.74, 6) is 3.26. The van der Waals surface area contributed by atoms with E-state index in [9.17, 15) is 0 Å². The number of benzene rings is 2. The molecular formula is C28H29ClN8O. The lowest BCUT2D eigenvalue weighted by Gasteiger charge is -2.36. The molecule has 0 saturated carbocycles. The Bertz CT molecular complexity index is 1620. The first-order valence-corrected chi connectivity index (χ1v) is 12.7. The molecule has 2 aliphatic rings. The molecule has 0 radical (unpaired) electrons. The lowest BCUT2D eigenvalue weighted by molar-refractivity contribution is 0.479. The van der Waals surface area contributed by atoms with Gasteiger partial charge in [0.15, 0.2) is 5.82 Å². The summed E-state index contributed by atoms with van der Waals surface area (Å²) in [6, 6.07) is 17.1. The van der Waals surface area contributed by atoms with Gasteiger partial charge in [0, 0.05) is 44.0 Å². The highest BCUT2D eigenvalue weighted by Gasteiger charge is 2.37. The molecule has 5 aromatic rings. The minimum absolute atomic E-state index is 0. The number of aromatic nitrogens is 5. The van der Waals surface area contributed by atoms with Crippen molar-refractivity contribution in [3.05, 3.63) is 66.7 Å². The Morgan fingerprint density at radius 2 is 1.79 bits per heavy atom. The molecule has 2 N–H and O–H groups in total. The molecule has 2 aromatic carbocycles. The Balaban J connectivity index is 0.00000264. The number of anilines is 3. The molecule has 38 heavy (non-hydrogen) atoms. The average Bonchev–Trinajstić information content (AvgIpc) is 3.40. The van der Waals surface area contributed by atoms with E-state index in [0.29, 0.717) is 17.9 Å². The first-order valence-electron chi connectivity index (χ1n) is 12.7. The van der Waals surface area contributed by atoms with Gasteiger partial charge in [0.2, 0.25) is 0 Å². The molecule has 7 rings (SSSR count). The van der Waals surface area contributed by atoms with E-state index in [-0.39, 0.29) is 12.4 Å². The maximum absolute atomic E-state index is 6.19. The zero-order valence-corrected chi connectivity index (χ0v) is 22.1. The molecule has 0 aliphatic carbocycles. The molecule has 2 aliphatic heterocycles. The zero-order chi connectivity index (χ0) is 24.9. The summed E-state index contributed by atoms with van der Waals surface area (Å²) >= 11 is 0. The second-order valence-electron chi connectivity index (χ2n) is 9.92. The van der Waals surface area contributed by atoms with Crippen LogP contribution >= 0.6 is 12.4 Å². The van der Waals surface area contributed by atoms with Gasteiger partial charge in [-0.2, -0.15) is 0 Å². The zero-order valence-electron chi connectivity index (χ0n) is 21.3. The largest absolute Gasteiger partial charge is 0.457 e. The summed E-state index contributed by atoms with van der Waals surface area (Å²) in [6.07, 6.45) is 5.80. The van der Waals surface area contributed by atoms with Crippen molar-refractivity contribution >= 4 is 51.8 Å². The minimum Gasteiger partial charge on any atom is -0.457 e. The molecule has 2 atom stereocenters. The van der Waals surface area contributed by atoms with Crippen molar-refractivity contribution in [3.63, 3.8) is 0 Å². The Morgan fingerprint density at radius 1 is 0.947 bits per heavy atom. The molecule has 0 spiro atoms. The van der Waals surface area contributed by atoms with E-state index in [2.05, 4.69) is 42.6 Å². The normalized spacial score (nSPS) is 18.5. The van der Waals surface area contributed by atoms with Crippen molar-refractivity contribution in [2.24, 2.45) is 7.05 Å². The number of hydrogen-bond acceptors (Lipinski definition) is 8. The predicted octanol–water partition coefficient (Wildman–Crippen LogP) is 5.12. The van der Waals surface area contributed by atoms with E-state index in [0.717, 1.165) is 63.7 Å². The van der Waals surface area contributed by atoms with Crippen LogP contribution in [0.1, 0.15) is 18.4 Å². The van der Waals surface area contributed by atoms with Crippen LogP contribution in [0.2, 0.25) is 0 Å². The van der Waals surface area contributed by atoms with Gasteiger partial charge < -0.3 is 24.8 Å². The SMILES string of the molecule is Cc1cc(Nc2ncnc3ccc(N4C5CCC4CNC5)nc23)ccc1Oc1ccc2c(c1)ncn2C.Cl. The van der Waals surface area contributed by atoms with Gasteiger partial charge in [0.25, 0.3) is 0 Å². The Kier molecular flexibility index (Phi) is 6.25. The Hall–Kier alpha value is -3.95. The average molecular weight is 529 g/mol. The van der Waals surface area contributed by atoms with Crippen LogP contribution in [0.25, 0.3) is 22.1 Å². The Labute approximate surface area is 226 Å². The number of pyridine rings is 1. The van der Waals surface area contributed by atoms with Crippen molar-refractivity contribution in [2.45, 2.75) is 31.8 Å². The highest BCUT2D eigenvalue weighted by Crippen LogP contribution is 2.34. The Morgan fingerprint density at radius 3 is 2.61 bits per heavy atom. The molecule has 2 fully saturated rings. The van der Waals surface area contributed by atoms with Crippen molar-refractivity contribution < 1.29 is 4.74 Å². The number of imidazole rings is 1. The summed E-state index contributed by atoms with van der Waals surface area (Å²) in [6.45, 7) is 4.06. The fourth-order valence-electron chi connectivity index (χ4n) is 5.60. The molecular weight excluding hydrogens is 500 g/mol. The topological polar surface area (TPSA) is 93.0 Å². The summed E-state index contributed by atoms with van der Waals surface area (Å²) in [5.41, 5.74) is 5.51. The van der Waals surface area contributed by atoms with Crippen LogP contribution in [0.5, 0.6) is 11.5 Å². The van der Waals surface area contributed by atoms with Crippen LogP contribution in [0.15, 0.2) is 61.2 Å². The molecule has 2 bridgehead atoms. The molecule has 5 heterocycles. The second-order valence-corrected chi connectivity index (χ2v) is 9.92. The number of ether oxygens (including phenoxy) is 1. The third-order valence-electron chi connectivity index (χ3n) is 7.47. The van der Waals surface area contributed by atoms with Gasteiger partial charge in [-0.25, -0.2) is 19.9 Å². The molecule has 0 amide bonds. The number of fused-ring (bicyclic) bond motifs is 4. The van der Waals surface area contributed by atoms with Gasteiger partial charge in [-0.15, -0.1) is 12.4 Å². The van der Waals surface area contributed by atoms with Crippen molar-refractivity contribution in [3.8, 4) is 11.5 Å². The molecule has 2 saturated heterocycles. The third-order valence-corrected chi connectivity index (χ3v) is 7.47. The highest BCUT2D eigenvalue weighted by molar-refractivity contribution is 5.88. The van der Waals surface area contributed by atoms with Crippen molar-refractivity contribution in [2.75, 3.05) is 23.3 Å². The van der Waals surface area contributed by atoms with E-state index in [1.165, 1.54) is 12.8 Å². The summed E-state index contributed by atoms with van der Waals surface area (Å²) < 4.78 is 8.18. The van der Waals surface area contributed by atoms with Crippen LogP contribution in [0.4, 0.5) is 17.3 Å². The van der Waals surface area contributed by atoms with Crippen LogP contribution in [-0.2, 0) is 7.05 Å². The number of hydrogen-bond donors (Lipinski definition) is 2. The van der Waals surface area contributed by atoms with Gasteiger partial charge >= 0.3 is 0 Å². The summed E-state index contributed by atoms with van der Waals surface area (Å²) in [7, 11) is 1.98. The van der Waals surface area contributed by atoms with Crippen LogP contribution < -0.4 is 20.3 Å². The van der Waals surface area contributed by atoms with Crippen molar-refractivity contribution in [1.82, 2.24) is 29.8 Å². The molecule has 194 valence electrons. The van der Waals surface area contributed by atoms with Crippen LogP contribution in [0.3, 0.4) is 0 Å². The number of nitrogens with zero attached hydrogens (tertiary/aromatic N) is 6. The van der Waals surface area contributed by atoms with Crippen molar-refractivity contribution in [1.29, 1.82) is 0 Å². The van der Waals surface area contributed by atoms with E-state index >= 15 is 0 Å². The molecule has 9 nitrogen and oxygen atoms in total. The fraction of sp³-hybridized carbons (Fsp3) is 0.286. The maximum atomic E-state index is 6.19. The second kappa shape index (κ2) is 9.74. The number of aryl methyl sites for hydroxylation is 2. The molecule has 10 heteroatoms. The van der Waals surface area contributed by atoms with E-state index in [1.54, 1.807) is 6.33 Å². The monoisotopic (exact) mass is 528 g/mol. The lowest BCUT2D eigenvalue weighted by Crippen LogP contribution is -2.52. The first-order chi connectivity index (χ1) is 18.1. The standard InChI is InChI=1S/C28H28N8O.ClH/c1-17-11-18(3-9-25(17)37-21-6-8-24-23(12-21)32-16-35(24)2)33-28-27-22(30-15-31-28)7-10-26(34-27)36-19-4-5-20(36)14-29-13-19;/h3,6-12,15-16,19-20,29H,4-5,13-14H2,1-2H3,(H,30,31,33);1H. The van der Waals surface area contributed by atoms with Gasteiger partial charge in [0.1, 0.15) is 29.2 Å². The summed E-state index contributed by atoms with van der Waals surface area (Å²) in [5, 5.41) is 7.00. The quantitative estimate of drug-likeness (QED) is 0.325. The smallest absolute Gasteiger partial charge is 0.160 e. The number of halogens is 1. The molecule has 3 aromatic heterocycles. The fourth-order valence-corrected chi connectivity index (χ4v) is 5.60. The van der Waals surface area contributed by atoms with Gasteiger partial charge in [-0.3, -0.25) is 0 Å². The number of nitrogens with one attached hydrogen (secondary N) is 2. The van der Waals surface area contributed by atoms with Gasteiger partial charge in [-0.1, -0.05) is 0 Å². The third kappa shape index (κ3) is 4.27. The van der Waals surface area contributed by atoms with Gasteiger partial charge in [0.05, 0.1) is 22.9 Å². The summed E-state index contributed by atoms with van der Waals surface area (Å²) in [4.78, 5) is 20.9. The van der Waals surface area contributed by atoms with E-state index in [1.807, 2.05) is 61.3 Å². The van der Waals surface area contributed by atoms with E-state index < -0.39 is 0 Å². The number of rotatable bonds is 5. The predicted molar refractivity (Wildman–Crippen MR) is 152 cm³/mol. The van der Waals surface area contributed by atoms with Crippen LogP contribution in [0, 0.1) is 6.92 Å². The first kappa shape index (κ1) is 24.4. The maximum Gasteiger partial charge on any atom is 0.160 e. The number of piperazine rings is 1. The van der Waals surface area contributed by atoms with Gasteiger partial charge in [-0.05, 0) is 67.8 Å². The molecule has 2 unspecified atom stereocenters.